The van der Waals surface area contributed by atoms with Crippen molar-refractivity contribution in [1.29, 1.82) is 5.26 Å². The lowest BCUT2D eigenvalue weighted by Crippen LogP contribution is -2.17. The van der Waals surface area contributed by atoms with Crippen LogP contribution < -0.4 is 5.32 Å². The number of halogens is 1. The first-order valence-electron chi connectivity index (χ1n) is 5.03. The zero-order chi connectivity index (χ0) is 11.3. The van der Waals surface area contributed by atoms with E-state index < -0.39 is 0 Å². The van der Waals surface area contributed by atoms with Gasteiger partial charge in [-0.25, -0.2) is 0 Å². The molecule has 1 aromatic carbocycles. The maximum atomic E-state index is 8.92. The van der Waals surface area contributed by atoms with Gasteiger partial charge in [-0.15, -0.1) is 0 Å². The molecule has 0 saturated carbocycles. The van der Waals surface area contributed by atoms with Crippen LogP contribution >= 0.6 is 11.6 Å². The van der Waals surface area contributed by atoms with E-state index in [0.717, 1.165) is 5.69 Å². The highest BCUT2D eigenvalue weighted by Crippen LogP contribution is 2.21. The number of nitrogens with one attached hydrogen (secondary N) is 1. The Morgan fingerprint density at radius 3 is 2.60 bits per heavy atom. The van der Waals surface area contributed by atoms with E-state index in [0.29, 0.717) is 17.5 Å². The second kappa shape index (κ2) is 5.63. The van der Waals surface area contributed by atoms with E-state index in [1.54, 1.807) is 0 Å². The summed E-state index contributed by atoms with van der Waals surface area (Å²) in [6.45, 7) is 4.72. The fourth-order valence-electron chi connectivity index (χ4n) is 1.25. The van der Waals surface area contributed by atoms with Crippen LogP contribution in [-0.2, 0) is 0 Å². The minimum absolute atomic E-state index is 0.0151. The summed E-state index contributed by atoms with van der Waals surface area (Å²) in [5.41, 5.74) is 0.889. The van der Waals surface area contributed by atoms with Gasteiger partial charge in [-0.2, -0.15) is 5.26 Å². The van der Waals surface area contributed by atoms with Crippen LogP contribution in [0.25, 0.3) is 0 Å². The highest BCUT2D eigenvalue weighted by Gasteiger charge is 2.12. The molecule has 1 N–H and O–H groups in total. The maximum absolute atomic E-state index is 8.92. The Kier molecular flexibility index (Phi) is 4.45. The van der Waals surface area contributed by atoms with E-state index in [-0.39, 0.29) is 5.92 Å². The van der Waals surface area contributed by atoms with Gasteiger partial charge in [0.05, 0.1) is 22.7 Å². The predicted molar refractivity (Wildman–Crippen MR) is 63.9 cm³/mol. The topological polar surface area (TPSA) is 35.8 Å². The normalized spacial score (nSPS) is 12.2. The summed E-state index contributed by atoms with van der Waals surface area (Å²) < 4.78 is 0. The molecule has 1 rings (SSSR count). The van der Waals surface area contributed by atoms with Crippen molar-refractivity contribution in [2.75, 3.05) is 11.9 Å². The molecule has 0 bridgehead atoms. The van der Waals surface area contributed by atoms with Gasteiger partial charge in [0, 0.05) is 6.54 Å². The monoisotopic (exact) mass is 222 g/mol. The maximum Gasteiger partial charge on any atom is 0.0677 e. The number of hydrogen-bond acceptors (Lipinski definition) is 2. The van der Waals surface area contributed by atoms with Gasteiger partial charge in [0.2, 0.25) is 0 Å². The van der Waals surface area contributed by atoms with Crippen molar-refractivity contribution in [2.45, 2.75) is 13.8 Å². The summed E-state index contributed by atoms with van der Waals surface area (Å²) in [6, 6.07) is 9.84. The minimum Gasteiger partial charge on any atom is -0.383 e. The molecule has 80 valence electrons. The van der Waals surface area contributed by atoms with E-state index in [1.165, 1.54) is 0 Å². The number of nitrogens with zero attached hydrogens (tertiary/aromatic N) is 1. The van der Waals surface area contributed by atoms with Crippen LogP contribution in [0.1, 0.15) is 13.8 Å². The molecule has 15 heavy (non-hydrogen) atoms. The Hall–Kier alpha value is -1.20. The molecular formula is C12H15ClN2. The van der Waals surface area contributed by atoms with Crippen molar-refractivity contribution in [3.05, 3.63) is 29.3 Å². The molecule has 1 atom stereocenters. The van der Waals surface area contributed by atoms with Gasteiger partial charge in [0.15, 0.2) is 0 Å². The highest BCUT2D eigenvalue weighted by molar-refractivity contribution is 6.33. The first-order chi connectivity index (χ1) is 7.15. The quantitative estimate of drug-likeness (QED) is 0.846. The second-order valence-electron chi connectivity index (χ2n) is 3.84. The summed E-state index contributed by atoms with van der Waals surface area (Å²) in [6.07, 6.45) is 0. The lowest BCUT2D eigenvalue weighted by atomic mass is 9.97. The van der Waals surface area contributed by atoms with E-state index >= 15 is 0 Å². The molecular weight excluding hydrogens is 208 g/mol. The number of hydrogen-bond donors (Lipinski definition) is 1. The first kappa shape index (κ1) is 11.9. The average Bonchev–Trinajstić information content (AvgIpc) is 2.21. The van der Waals surface area contributed by atoms with E-state index in [4.69, 9.17) is 16.9 Å². The van der Waals surface area contributed by atoms with E-state index in [1.807, 2.05) is 38.1 Å². The van der Waals surface area contributed by atoms with Gasteiger partial charge in [-0.05, 0) is 18.1 Å². The van der Waals surface area contributed by atoms with Crippen molar-refractivity contribution in [2.24, 2.45) is 11.8 Å². The molecule has 3 heteroatoms. The summed E-state index contributed by atoms with van der Waals surface area (Å²) in [4.78, 5) is 0. The van der Waals surface area contributed by atoms with Crippen LogP contribution in [0.2, 0.25) is 5.02 Å². The number of rotatable bonds is 4. The Morgan fingerprint density at radius 1 is 1.40 bits per heavy atom. The summed E-state index contributed by atoms with van der Waals surface area (Å²) in [7, 11) is 0. The minimum atomic E-state index is 0.0151. The first-order valence-corrected chi connectivity index (χ1v) is 5.41. The number of nitriles is 1. The fraction of sp³-hybridized carbons (Fsp3) is 0.417. The van der Waals surface area contributed by atoms with E-state index in [9.17, 15) is 0 Å². The summed E-state index contributed by atoms with van der Waals surface area (Å²) in [5, 5.41) is 12.8. The number of benzene rings is 1. The third kappa shape index (κ3) is 3.45. The summed E-state index contributed by atoms with van der Waals surface area (Å²) in [5.74, 6) is 0.367. The second-order valence-corrected chi connectivity index (χ2v) is 4.25. The molecule has 0 amide bonds. The Bertz CT molecular complexity index is 355. The molecule has 0 aromatic heterocycles. The van der Waals surface area contributed by atoms with Gasteiger partial charge < -0.3 is 5.32 Å². The number of para-hydroxylation sites is 1. The molecule has 0 aliphatic carbocycles. The zero-order valence-electron chi connectivity index (χ0n) is 9.00. The molecule has 1 aromatic rings. The van der Waals surface area contributed by atoms with Crippen molar-refractivity contribution in [3.8, 4) is 6.07 Å². The van der Waals surface area contributed by atoms with Crippen LogP contribution in [0.5, 0.6) is 0 Å². The molecule has 0 aliphatic rings. The zero-order valence-corrected chi connectivity index (χ0v) is 9.75. The van der Waals surface area contributed by atoms with Crippen molar-refractivity contribution in [1.82, 2.24) is 0 Å². The third-order valence-electron chi connectivity index (χ3n) is 2.36. The molecule has 0 fully saturated rings. The SMILES string of the molecule is CC(C)C(C#N)CNc1ccccc1Cl. The average molecular weight is 223 g/mol. The van der Waals surface area contributed by atoms with Gasteiger partial charge in [-0.3, -0.25) is 0 Å². The van der Waals surface area contributed by atoms with Gasteiger partial charge in [-0.1, -0.05) is 37.6 Å². The summed E-state index contributed by atoms with van der Waals surface area (Å²) >= 11 is 5.99. The Balaban J connectivity index is 2.58. The highest BCUT2D eigenvalue weighted by atomic mass is 35.5. The van der Waals surface area contributed by atoms with Crippen molar-refractivity contribution < 1.29 is 0 Å². The lowest BCUT2D eigenvalue weighted by Gasteiger charge is -2.15. The van der Waals surface area contributed by atoms with Crippen molar-refractivity contribution in [3.63, 3.8) is 0 Å². The standard InChI is InChI=1S/C12H15ClN2/c1-9(2)10(7-14)8-15-12-6-4-3-5-11(12)13/h3-6,9-10,15H,8H2,1-2H3. The largest absolute Gasteiger partial charge is 0.383 e. The molecule has 0 spiro atoms. The predicted octanol–water partition coefficient (Wildman–Crippen LogP) is 3.55. The number of anilines is 1. The molecule has 2 nitrogen and oxygen atoms in total. The molecule has 0 heterocycles. The Labute approximate surface area is 95.9 Å². The van der Waals surface area contributed by atoms with Crippen molar-refractivity contribution >= 4 is 17.3 Å². The smallest absolute Gasteiger partial charge is 0.0677 e. The van der Waals surface area contributed by atoms with E-state index in [2.05, 4.69) is 11.4 Å². The third-order valence-corrected chi connectivity index (χ3v) is 2.69. The van der Waals surface area contributed by atoms with Gasteiger partial charge in [0.1, 0.15) is 0 Å². The molecule has 0 aliphatic heterocycles. The van der Waals surface area contributed by atoms with Crippen LogP contribution in [0.4, 0.5) is 5.69 Å². The molecule has 0 saturated heterocycles. The van der Waals surface area contributed by atoms with Crippen LogP contribution in [0.3, 0.4) is 0 Å². The van der Waals surface area contributed by atoms with Crippen LogP contribution in [-0.4, -0.2) is 6.54 Å². The molecule has 0 radical (unpaired) electrons. The molecule has 1 unspecified atom stereocenters. The lowest BCUT2D eigenvalue weighted by molar-refractivity contribution is 0.496. The van der Waals surface area contributed by atoms with Gasteiger partial charge in [0.25, 0.3) is 0 Å². The van der Waals surface area contributed by atoms with Gasteiger partial charge >= 0.3 is 0 Å². The van der Waals surface area contributed by atoms with Crippen LogP contribution in [0.15, 0.2) is 24.3 Å². The van der Waals surface area contributed by atoms with Crippen LogP contribution in [0, 0.1) is 23.2 Å². The Morgan fingerprint density at radius 2 is 2.07 bits per heavy atom. The fourth-order valence-corrected chi connectivity index (χ4v) is 1.46.